The number of rotatable bonds is 1. The predicted octanol–water partition coefficient (Wildman–Crippen LogP) is 3.36. The molecule has 4 heteroatoms. The van der Waals surface area contributed by atoms with Gasteiger partial charge in [0, 0.05) is 23.5 Å². The lowest BCUT2D eigenvalue weighted by Gasteiger charge is -2.12. The maximum Gasteiger partial charge on any atom is 0.160 e. The van der Waals surface area contributed by atoms with Crippen LogP contribution in [-0.4, -0.2) is 28.9 Å². The Kier molecular flexibility index (Phi) is 2.20. The first-order valence-corrected chi connectivity index (χ1v) is 7.70. The van der Waals surface area contributed by atoms with E-state index in [0.29, 0.717) is 6.04 Å². The van der Waals surface area contributed by atoms with E-state index < -0.39 is 0 Å². The molecule has 1 atom stereocenters. The lowest BCUT2D eigenvalue weighted by atomic mass is 10.1. The van der Waals surface area contributed by atoms with Crippen molar-refractivity contribution in [1.29, 1.82) is 0 Å². The van der Waals surface area contributed by atoms with Crippen LogP contribution in [0.25, 0.3) is 10.1 Å². The van der Waals surface area contributed by atoms with Crippen LogP contribution in [-0.2, 0) is 0 Å². The van der Waals surface area contributed by atoms with Crippen molar-refractivity contribution in [2.24, 2.45) is 4.99 Å². The molecular weight excluding hydrogens is 248 g/mol. The standard InChI is InChI=1S/C13H12N2S2/c1-2-4-12-9(3-1)10(8-17-12)11-7-15-5-6-16-13(15)14-11/h1-4,8,11H,5-7H2. The van der Waals surface area contributed by atoms with Gasteiger partial charge in [0.25, 0.3) is 0 Å². The third-order valence-corrected chi connectivity index (χ3v) is 5.38. The van der Waals surface area contributed by atoms with Gasteiger partial charge in [-0.05, 0) is 22.4 Å². The number of aliphatic imine (C=N–C) groups is 1. The average Bonchev–Trinajstić information content (AvgIpc) is 3.01. The Labute approximate surface area is 108 Å². The highest BCUT2D eigenvalue weighted by atomic mass is 32.2. The van der Waals surface area contributed by atoms with Crippen LogP contribution in [0.1, 0.15) is 11.6 Å². The lowest BCUT2D eigenvalue weighted by Crippen LogP contribution is -2.21. The Hall–Kier alpha value is -1.00. The fraction of sp³-hybridized carbons (Fsp3) is 0.308. The van der Waals surface area contributed by atoms with Crippen LogP contribution in [0.15, 0.2) is 34.6 Å². The molecule has 86 valence electrons. The van der Waals surface area contributed by atoms with Crippen LogP contribution in [0.3, 0.4) is 0 Å². The van der Waals surface area contributed by atoms with E-state index >= 15 is 0 Å². The molecule has 2 aromatic rings. The smallest absolute Gasteiger partial charge is 0.160 e. The minimum atomic E-state index is 0.356. The average molecular weight is 260 g/mol. The molecule has 2 aliphatic rings. The van der Waals surface area contributed by atoms with E-state index in [0.717, 1.165) is 6.54 Å². The molecule has 0 amide bonds. The summed E-state index contributed by atoms with van der Waals surface area (Å²) in [5.74, 6) is 1.20. The zero-order valence-corrected chi connectivity index (χ0v) is 10.9. The largest absolute Gasteiger partial charge is 0.348 e. The molecule has 0 radical (unpaired) electrons. The van der Waals surface area contributed by atoms with E-state index in [1.165, 1.54) is 33.1 Å². The molecule has 1 unspecified atom stereocenters. The number of fused-ring (bicyclic) bond motifs is 2. The van der Waals surface area contributed by atoms with Crippen LogP contribution in [0, 0.1) is 0 Å². The number of hydrogen-bond donors (Lipinski definition) is 0. The molecule has 1 saturated heterocycles. The van der Waals surface area contributed by atoms with Gasteiger partial charge in [-0.3, -0.25) is 4.99 Å². The summed E-state index contributed by atoms with van der Waals surface area (Å²) < 4.78 is 1.38. The zero-order chi connectivity index (χ0) is 11.2. The fourth-order valence-electron chi connectivity index (χ4n) is 2.53. The summed E-state index contributed by atoms with van der Waals surface area (Å²) in [6.45, 7) is 2.24. The van der Waals surface area contributed by atoms with Gasteiger partial charge in [-0.1, -0.05) is 30.0 Å². The minimum Gasteiger partial charge on any atom is -0.348 e. The lowest BCUT2D eigenvalue weighted by molar-refractivity contribution is 0.465. The monoisotopic (exact) mass is 260 g/mol. The number of hydrogen-bond acceptors (Lipinski definition) is 4. The second-order valence-corrected chi connectivity index (χ2v) is 6.38. The molecule has 4 rings (SSSR count). The SMILES string of the molecule is c1ccc2c(C3CN4CCSC4=N3)csc2c1. The van der Waals surface area contributed by atoms with Crippen LogP contribution in [0.4, 0.5) is 0 Å². The highest BCUT2D eigenvalue weighted by Crippen LogP contribution is 2.37. The number of amidine groups is 1. The van der Waals surface area contributed by atoms with Crippen molar-refractivity contribution in [2.75, 3.05) is 18.8 Å². The van der Waals surface area contributed by atoms with Crippen LogP contribution < -0.4 is 0 Å². The molecule has 0 N–H and O–H groups in total. The van der Waals surface area contributed by atoms with Crippen molar-refractivity contribution in [2.45, 2.75) is 6.04 Å². The summed E-state index contributed by atoms with van der Waals surface area (Å²) in [5, 5.41) is 4.93. The Balaban J connectivity index is 1.78. The quantitative estimate of drug-likeness (QED) is 0.781. The van der Waals surface area contributed by atoms with Crippen molar-refractivity contribution < 1.29 is 0 Å². The minimum absolute atomic E-state index is 0.356. The number of thiophene rings is 1. The molecule has 3 heterocycles. The second kappa shape index (κ2) is 3.75. The van der Waals surface area contributed by atoms with Gasteiger partial charge in [0.15, 0.2) is 5.17 Å². The van der Waals surface area contributed by atoms with E-state index in [-0.39, 0.29) is 0 Å². The Bertz CT molecular complexity index is 602. The van der Waals surface area contributed by atoms with Crippen molar-refractivity contribution in [1.82, 2.24) is 4.90 Å². The summed E-state index contributed by atoms with van der Waals surface area (Å²) in [7, 11) is 0. The Morgan fingerprint density at radius 2 is 2.24 bits per heavy atom. The zero-order valence-electron chi connectivity index (χ0n) is 9.30. The van der Waals surface area contributed by atoms with Crippen molar-refractivity contribution in [3.63, 3.8) is 0 Å². The van der Waals surface area contributed by atoms with Crippen molar-refractivity contribution in [3.8, 4) is 0 Å². The molecule has 2 aliphatic heterocycles. The second-order valence-electron chi connectivity index (χ2n) is 4.41. The van der Waals surface area contributed by atoms with E-state index in [9.17, 15) is 0 Å². The fourth-order valence-corrected chi connectivity index (χ4v) is 4.58. The topological polar surface area (TPSA) is 15.6 Å². The Morgan fingerprint density at radius 3 is 3.18 bits per heavy atom. The summed E-state index contributed by atoms with van der Waals surface area (Å²) in [6, 6.07) is 9.00. The van der Waals surface area contributed by atoms with Gasteiger partial charge in [-0.15, -0.1) is 11.3 Å². The third kappa shape index (κ3) is 1.51. The van der Waals surface area contributed by atoms with Crippen LogP contribution in [0.2, 0.25) is 0 Å². The highest BCUT2D eigenvalue weighted by molar-refractivity contribution is 8.14. The summed E-state index contributed by atoms with van der Waals surface area (Å²) in [4.78, 5) is 7.27. The van der Waals surface area contributed by atoms with E-state index in [4.69, 9.17) is 4.99 Å². The van der Waals surface area contributed by atoms with Gasteiger partial charge in [-0.2, -0.15) is 0 Å². The van der Waals surface area contributed by atoms with Crippen molar-refractivity contribution >= 4 is 38.4 Å². The highest BCUT2D eigenvalue weighted by Gasteiger charge is 2.31. The summed E-state index contributed by atoms with van der Waals surface area (Å²) in [5.41, 5.74) is 1.41. The van der Waals surface area contributed by atoms with Crippen LogP contribution >= 0.6 is 23.1 Å². The number of nitrogens with zero attached hydrogens (tertiary/aromatic N) is 2. The van der Waals surface area contributed by atoms with Gasteiger partial charge in [0.05, 0.1) is 6.04 Å². The molecule has 1 aromatic heterocycles. The van der Waals surface area contributed by atoms with Crippen molar-refractivity contribution in [3.05, 3.63) is 35.2 Å². The first-order chi connectivity index (χ1) is 8.42. The summed E-state index contributed by atoms with van der Waals surface area (Å²) >= 11 is 3.73. The third-order valence-electron chi connectivity index (χ3n) is 3.39. The van der Waals surface area contributed by atoms with E-state index in [1.807, 2.05) is 23.1 Å². The summed E-state index contributed by atoms with van der Waals surface area (Å²) in [6.07, 6.45) is 0. The molecule has 2 nitrogen and oxygen atoms in total. The first kappa shape index (κ1) is 9.97. The van der Waals surface area contributed by atoms with E-state index in [1.54, 1.807) is 0 Å². The van der Waals surface area contributed by atoms with Gasteiger partial charge >= 0.3 is 0 Å². The van der Waals surface area contributed by atoms with Gasteiger partial charge in [-0.25, -0.2) is 0 Å². The Morgan fingerprint density at radius 1 is 1.29 bits per heavy atom. The molecule has 0 spiro atoms. The molecule has 17 heavy (non-hydrogen) atoms. The first-order valence-electron chi connectivity index (χ1n) is 5.83. The predicted molar refractivity (Wildman–Crippen MR) is 76.0 cm³/mol. The van der Waals surface area contributed by atoms with Gasteiger partial charge < -0.3 is 4.90 Å². The maximum atomic E-state index is 4.85. The molecular formula is C13H12N2S2. The van der Waals surface area contributed by atoms with E-state index in [2.05, 4.69) is 34.5 Å². The maximum absolute atomic E-state index is 4.85. The van der Waals surface area contributed by atoms with Crippen LogP contribution in [0.5, 0.6) is 0 Å². The molecule has 0 bridgehead atoms. The molecule has 0 saturated carbocycles. The normalized spacial score (nSPS) is 23.2. The van der Waals surface area contributed by atoms with Gasteiger partial charge in [0.2, 0.25) is 0 Å². The number of thioether (sulfide) groups is 1. The van der Waals surface area contributed by atoms with Gasteiger partial charge in [0.1, 0.15) is 0 Å². The molecule has 1 aromatic carbocycles. The number of benzene rings is 1. The molecule has 1 fully saturated rings. The molecule has 0 aliphatic carbocycles.